The maximum Gasteiger partial charge on any atom is 0.182 e. The van der Waals surface area contributed by atoms with Gasteiger partial charge in [-0.15, -0.1) is 5.10 Å². The van der Waals surface area contributed by atoms with Gasteiger partial charge in [-0.25, -0.2) is 4.68 Å². The number of aromatic nitrogens is 4. The van der Waals surface area contributed by atoms with Crippen LogP contribution in [0.15, 0.2) is 12.1 Å². The van der Waals surface area contributed by atoms with Crippen molar-refractivity contribution in [2.45, 2.75) is 53.0 Å². The van der Waals surface area contributed by atoms with E-state index >= 15 is 0 Å². The van der Waals surface area contributed by atoms with Gasteiger partial charge in [0.15, 0.2) is 5.82 Å². The number of rotatable bonds is 4. The molecule has 1 aromatic carbocycles. The van der Waals surface area contributed by atoms with Gasteiger partial charge in [-0.05, 0) is 61.2 Å². The second kappa shape index (κ2) is 5.23. The Kier molecular flexibility index (Phi) is 3.79. The Hall–Kier alpha value is -1.91. The lowest BCUT2D eigenvalue weighted by atomic mass is 9.94. The summed E-state index contributed by atoms with van der Waals surface area (Å²) >= 11 is 0. The maximum atomic E-state index is 6.04. The Morgan fingerprint density at radius 1 is 1.15 bits per heavy atom. The summed E-state index contributed by atoms with van der Waals surface area (Å²) in [6.45, 7) is 10.6. The summed E-state index contributed by atoms with van der Waals surface area (Å²) in [6.07, 6.45) is 1.95. The van der Waals surface area contributed by atoms with E-state index in [1.165, 1.54) is 0 Å². The Morgan fingerprint density at radius 3 is 2.40 bits per heavy atom. The zero-order chi connectivity index (χ0) is 14.9. The fraction of sp³-hybridized carbons (Fsp3) is 0.533. The van der Waals surface area contributed by atoms with Crippen LogP contribution < -0.4 is 5.73 Å². The first-order valence-electron chi connectivity index (χ1n) is 7.09. The molecular weight excluding hydrogens is 250 g/mol. The molecule has 5 nitrogen and oxygen atoms in total. The molecule has 0 unspecified atom stereocenters. The van der Waals surface area contributed by atoms with Crippen LogP contribution >= 0.6 is 0 Å². The fourth-order valence-corrected chi connectivity index (χ4v) is 2.38. The number of benzene rings is 1. The molecule has 5 heteroatoms. The highest BCUT2D eigenvalue weighted by atomic mass is 15.6. The summed E-state index contributed by atoms with van der Waals surface area (Å²) in [5, 5.41) is 12.3. The SMILES string of the molecule is CCC(C)(CC)n1nnnc1-c1cc(N)c(C)cc1C. The molecule has 1 heterocycles. The van der Waals surface area contributed by atoms with E-state index in [-0.39, 0.29) is 5.54 Å². The van der Waals surface area contributed by atoms with E-state index in [4.69, 9.17) is 5.73 Å². The van der Waals surface area contributed by atoms with Crippen molar-refractivity contribution in [1.82, 2.24) is 20.2 Å². The zero-order valence-corrected chi connectivity index (χ0v) is 12.9. The van der Waals surface area contributed by atoms with Crippen molar-refractivity contribution in [2.75, 3.05) is 5.73 Å². The molecule has 20 heavy (non-hydrogen) atoms. The minimum atomic E-state index is -0.0785. The molecule has 0 aliphatic carbocycles. The van der Waals surface area contributed by atoms with E-state index in [2.05, 4.69) is 49.3 Å². The van der Waals surface area contributed by atoms with Crippen LogP contribution in [0.3, 0.4) is 0 Å². The summed E-state index contributed by atoms with van der Waals surface area (Å²) in [5.41, 5.74) is 9.97. The van der Waals surface area contributed by atoms with E-state index in [1.54, 1.807) is 0 Å². The molecule has 2 rings (SSSR count). The Morgan fingerprint density at radius 2 is 1.80 bits per heavy atom. The van der Waals surface area contributed by atoms with Crippen molar-refractivity contribution >= 4 is 5.69 Å². The maximum absolute atomic E-state index is 6.04. The zero-order valence-electron chi connectivity index (χ0n) is 12.9. The molecule has 0 aliphatic rings. The number of anilines is 1. The second-order valence-corrected chi connectivity index (χ2v) is 5.64. The van der Waals surface area contributed by atoms with Gasteiger partial charge in [0.2, 0.25) is 0 Å². The van der Waals surface area contributed by atoms with E-state index in [0.29, 0.717) is 0 Å². The van der Waals surface area contributed by atoms with E-state index in [0.717, 1.165) is 41.0 Å². The quantitative estimate of drug-likeness (QED) is 0.869. The predicted octanol–water partition coefficient (Wildman–Crippen LogP) is 3.07. The van der Waals surface area contributed by atoms with Crippen molar-refractivity contribution in [1.29, 1.82) is 0 Å². The molecule has 0 aliphatic heterocycles. The summed E-state index contributed by atoms with van der Waals surface area (Å²) < 4.78 is 1.93. The molecule has 0 saturated heterocycles. The monoisotopic (exact) mass is 273 g/mol. The molecule has 0 spiro atoms. The van der Waals surface area contributed by atoms with Gasteiger partial charge < -0.3 is 5.73 Å². The Balaban J connectivity index is 2.61. The third-order valence-electron chi connectivity index (χ3n) is 4.36. The third kappa shape index (κ3) is 2.28. The van der Waals surface area contributed by atoms with Crippen molar-refractivity contribution in [3.63, 3.8) is 0 Å². The van der Waals surface area contributed by atoms with E-state index < -0.39 is 0 Å². The first kappa shape index (κ1) is 14.5. The molecule has 0 radical (unpaired) electrons. The average Bonchev–Trinajstić information content (AvgIpc) is 2.91. The van der Waals surface area contributed by atoms with Gasteiger partial charge in [-0.2, -0.15) is 0 Å². The van der Waals surface area contributed by atoms with Crippen molar-refractivity contribution in [3.8, 4) is 11.4 Å². The predicted molar refractivity (Wildman–Crippen MR) is 81.4 cm³/mol. The topological polar surface area (TPSA) is 69.6 Å². The minimum Gasteiger partial charge on any atom is -0.398 e. The fourth-order valence-electron chi connectivity index (χ4n) is 2.38. The number of aryl methyl sites for hydroxylation is 2. The van der Waals surface area contributed by atoms with E-state index in [9.17, 15) is 0 Å². The highest BCUT2D eigenvalue weighted by molar-refractivity contribution is 5.67. The smallest absolute Gasteiger partial charge is 0.182 e. The molecule has 0 saturated carbocycles. The van der Waals surface area contributed by atoms with Crippen LogP contribution in [-0.4, -0.2) is 20.2 Å². The van der Waals surface area contributed by atoms with Crippen LogP contribution in [0.4, 0.5) is 5.69 Å². The van der Waals surface area contributed by atoms with Gasteiger partial charge in [-0.1, -0.05) is 19.9 Å². The van der Waals surface area contributed by atoms with Crippen molar-refractivity contribution in [2.24, 2.45) is 0 Å². The standard InChI is InChI=1S/C15H23N5/c1-6-15(5,7-2)20-14(17-18-19-20)12-9-13(16)11(4)8-10(12)3/h8-9H,6-7,16H2,1-5H3. The lowest BCUT2D eigenvalue weighted by molar-refractivity contribution is 0.262. The summed E-state index contributed by atoms with van der Waals surface area (Å²) in [6, 6.07) is 4.05. The van der Waals surface area contributed by atoms with Crippen LogP contribution in [0.1, 0.15) is 44.7 Å². The molecule has 2 aromatic rings. The number of nitrogen functional groups attached to an aromatic ring is 1. The lowest BCUT2D eigenvalue weighted by Crippen LogP contribution is -2.30. The normalized spacial score (nSPS) is 11.8. The minimum absolute atomic E-state index is 0.0785. The molecule has 0 atom stereocenters. The van der Waals surface area contributed by atoms with Crippen LogP contribution in [-0.2, 0) is 5.54 Å². The van der Waals surface area contributed by atoms with Gasteiger partial charge in [0, 0.05) is 11.3 Å². The summed E-state index contributed by atoms with van der Waals surface area (Å²) in [7, 11) is 0. The number of hydrogen-bond donors (Lipinski definition) is 1. The number of nitrogens with zero attached hydrogens (tertiary/aromatic N) is 4. The van der Waals surface area contributed by atoms with Crippen LogP contribution in [0.2, 0.25) is 0 Å². The second-order valence-electron chi connectivity index (χ2n) is 5.64. The van der Waals surface area contributed by atoms with Crippen molar-refractivity contribution in [3.05, 3.63) is 23.3 Å². The molecule has 0 amide bonds. The third-order valence-corrected chi connectivity index (χ3v) is 4.36. The molecule has 0 fully saturated rings. The summed E-state index contributed by atoms with van der Waals surface area (Å²) in [4.78, 5) is 0. The molecule has 108 valence electrons. The molecular formula is C15H23N5. The molecule has 0 bridgehead atoms. The Labute approximate surface area is 120 Å². The first-order chi connectivity index (χ1) is 9.42. The highest BCUT2D eigenvalue weighted by Gasteiger charge is 2.28. The number of nitrogens with two attached hydrogens (primary N) is 1. The van der Waals surface area contributed by atoms with Gasteiger partial charge in [0.25, 0.3) is 0 Å². The first-order valence-corrected chi connectivity index (χ1v) is 7.09. The van der Waals surface area contributed by atoms with Gasteiger partial charge in [0.05, 0.1) is 5.54 Å². The largest absolute Gasteiger partial charge is 0.398 e. The Bertz CT molecular complexity index is 611. The number of hydrogen-bond acceptors (Lipinski definition) is 4. The van der Waals surface area contributed by atoms with Gasteiger partial charge >= 0.3 is 0 Å². The van der Waals surface area contributed by atoms with Gasteiger partial charge in [0.1, 0.15) is 0 Å². The lowest BCUT2D eigenvalue weighted by Gasteiger charge is -2.28. The average molecular weight is 273 g/mol. The molecule has 2 N–H and O–H groups in total. The molecule has 1 aromatic heterocycles. The van der Waals surface area contributed by atoms with Crippen LogP contribution in [0.25, 0.3) is 11.4 Å². The number of tetrazole rings is 1. The van der Waals surface area contributed by atoms with Gasteiger partial charge in [-0.3, -0.25) is 0 Å². The van der Waals surface area contributed by atoms with Crippen molar-refractivity contribution < 1.29 is 0 Å². The van der Waals surface area contributed by atoms with Crippen LogP contribution in [0.5, 0.6) is 0 Å². The van der Waals surface area contributed by atoms with E-state index in [1.807, 2.05) is 17.7 Å². The highest BCUT2D eigenvalue weighted by Crippen LogP contribution is 2.31. The summed E-state index contributed by atoms with van der Waals surface area (Å²) in [5.74, 6) is 0.792. The van der Waals surface area contributed by atoms with Crippen LogP contribution in [0, 0.1) is 13.8 Å².